The van der Waals surface area contributed by atoms with E-state index in [1.807, 2.05) is 11.9 Å². The summed E-state index contributed by atoms with van der Waals surface area (Å²) in [4.78, 5) is 14.3. The lowest BCUT2D eigenvalue weighted by Crippen LogP contribution is -2.44. The Morgan fingerprint density at radius 1 is 1.48 bits per heavy atom. The van der Waals surface area contributed by atoms with Gasteiger partial charge in [-0.3, -0.25) is 4.79 Å². The predicted octanol–water partition coefficient (Wildman–Crippen LogP) is 2.20. The van der Waals surface area contributed by atoms with Crippen LogP contribution in [-0.2, 0) is 9.53 Å². The summed E-state index contributed by atoms with van der Waals surface area (Å²) < 4.78 is 5.41. The van der Waals surface area contributed by atoms with Crippen LogP contribution in [0.5, 0.6) is 0 Å². The average Bonchev–Trinajstić information content (AvgIpc) is 2.47. The Bertz CT molecular complexity index is 496. The van der Waals surface area contributed by atoms with Gasteiger partial charge in [-0.05, 0) is 31.9 Å². The van der Waals surface area contributed by atoms with Crippen molar-refractivity contribution in [3.8, 4) is 0 Å². The van der Waals surface area contributed by atoms with E-state index < -0.39 is 0 Å². The number of rotatable bonds is 4. The first-order chi connectivity index (χ1) is 9.99. The molecule has 21 heavy (non-hydrogen) atoms. The van der Waals surface area contributed by atoms with Crippen LogP contribution in [0.4, 0.5) is 0 Å². The van der Waals surface area contributed by atoms with Gasteiger partial charge in [0.15, 0.2) is 0 Å². The number of aryl methyl sites for hydroxylation is 2. The highest BCUT2D eigenvalue weighted by atomic mass is 16.5. The molecule has 1 aromatic carbocycles. The summed E-state index contributed by atoms with van der Waals surface area (Å²) in [6.07, 6.45) is 0.492. The van der Waals surface area contributed by atoms with E-state index in [4.69, 9.17) is 4.74 Å². The van der Waals surface area contributed by atoms with E-state index in [1.165, 1.54) is 16.7 Å². The van der Waals surface area contributed by atoms with E-state index in [1.54, 1.807) is 0 Å². The molecule has 1 amide bonds. The highest BCUT2D eigenvalue weighted by molar-refractivity contribution is 5.77. The van der Waals surface area contributed by atoms with Crippen molar-refractivity contribution in [2.75, 3.05) is 26.8 Å². The van der Waals surface area contributed by atoms with E-state index in [9.17, 15) is 4.79 Å². The second kappa shape index (κ2) is 7.05. The number of morpholine rings is 1. The van der Waals surface area contributed by atoms with Crippen LogP contribution >= 0.6 is 0 Å². The van der Waals surface area contributed by atoms with Gasteiger partial charge < -0.3 is 15.0 Å². The van der Waals surface area contributed by atoms with Crippen LogP contribution in [0.25, 0.3) is 0 Å². The molecule has 1 saturated heterocycles. The van der Waals surface area contributed by atoms with E-state index in [2.05, 4.69) is 44.3 Å². The molecule has 4 heteroatoms. The molecule has 0 saturated carbocycles. The molecule has 4 nitrogen and oxygen atoms in total. The van der Waals surface area contributed by atoms with Crippen LogP contribution < -0.4 is 5.32 Å². The van der Waals surface area contributed by atoms with Crippen LogP contribution in [0, 0.1) is 13.8 Å². The Morgan fingerprint density at radius 3 is 2.86 bits per heavy atom. The van der Waals surface area contributed by atoms with Crippen molar-refractivity contribution in [1.82, 2.24) is 10.2 Å². The van der Waals surface area contributed by atoms with E-state index in [-0.39, 0.29) is 18.0 Å². The number of hydrogen-bond acceptors (Lipinski definition) is 3. The summed E-state index contributed by atoms with van der Waals surface area (Å²) >= 11 is 0. The van der Waals surface area contributed by atoms with Gasteiger partial charge in [0.05, 0.1) is 19.3 Å². The Morgan fingerprint density at radius 2 is 2.24 bits per heavy atom. The first kappa shape index (κ1) is 16.0. The van der Waals surface area contributed by atoms with Crippen LogP contribution in [0.15, 0.2) is 18.2 Å². The third-order valence-electron chi connectivity index (χ3n) is 4.27. The van der Waals surface area contributed by atoms with Crippen molar-refractivity contribution in [3.05, 3.63) is 34.9 Å². The minimum absolute atomic E-state index is 0.0857. The SMILES string of the molecule is Cc1ccc(C(C)N(C)C(=O)CC2COCCN2)c(C)c1. The normalized spacial score (nSPS) is 20.1. The summed E-state index contributed by atoms with van der Waals surface area (Å²) in [7, 11) is 1.88. The molecule has 0 spiro atoms. The fraction of sp³-hybridized carbons (Fsp3) is 0.588. The van der Waals surface area contributed by atoms with Gasteiger partial charge in [0.2, 0.25) is 5.91 Å². The lowest BCUT2D eigenvalue weighted by atomic mass is 9.99. The summed E-state index contributed by atoms with van der Waals surface area (Å²) in [5.41, 5.74) is 3.70. The number of carbonyl (C=O) groups is 1. The van der Waals surface area contributed by atoms with Gasteiger partial charge in [0.25, 0.3) is 0 Å². The second-order valence-electron chi connectivity index (χ2n) is 5.97. The number of carbonyl (C=O) groups excluding carboxylic acids is 1. The molecule has 2 atom stereocenters. The topological polar surface area (TPSA) is 41.6 Å². The highest BCUT2D eigenvalue weighted by Crippen LogP contribution is 2.24. The zero-order chi connectivity index (χ0) is 15.4. The monoisotopic (exact) mass is 290 g/mol. The summed E-state index contributed by atoms with van der Waals surface area (Å²) in [5.74, 6) is 0.158. The zero-order valence-electron chi connectivity index (χ0n) is 13.5. The lowest BCUT2D eigenvalue weighted by molar-refractivity contribution is -0.133. The Hall–Kier alpha value is -1.39. The molecule has 2 rings (SSSR count). The minimum atomic E-state index is 0.0857. The molecule has 116 valence electrons. The second-order valence-corrected chi connectivity index (χ2v) is 5.97. The average molecular weight is 290 g/mol. The predicted molar refractivity (Wildman–Crippen MR) is 84.3 cm³/mol. The number of hydrogen-bond donors (Lipinski definition) is 1. The summed E-state index contributed by atoms with van der Waals surface area (Å²) in [6, 6.07) is 6.62. The molecule has 1 aliphatic heterocycles. The van der Waals surface area contributed by atoms with Crippen LogP contribution in [0.2, 0.25) is 0 Å². The Labute approximate surface area is 127 Å². The fourth-order valence-electron chi connectivity index (χ4n) is 2.82. The molecule has 1 aliphatic rings. The van der Waals surface area contributed by atoms with E-state index >= 15 is 0 Å². The van der Waals surface area contributed by atoms with Crippen molar-refractivity contribution in [3.63, 3.8) is 0 Å². The highest BCUT2D eigenvalue weighted by Gasteiger charge is 2.23. The number of benzene rings is 1. The molecule has 1 aromatic rings. The number of nitrogens with zero attached hydrogens (tertiary/aromatic N) is 1. The molecule has 0 radical (unpaired) electrons. The van der Waals surface area contributed by atoms with Gasteiger partial charge >= 0.3 is 0 Å². The van der Waals surface area contributed by atoms with Crippen LogP contribution in [0.1, 0.15) is 36.1 Å². The molecular formula is C17H26N2O2. The van der Waals surface area contributed by atoms with E-state index in [0.717, 1.165) is 13.2 Å². The largest absolute Gasteiger partial charge is 0.378 e. The van der Waals surface area contributed by atoms with E-state index in [0.29, 0.717) is 13.0 Å². The lowest BCUT2D eigenvalue weighted by Gasteiger charge is -2.30. The van der Waals surface area contributed by atoms with Crippen LogP contribution in [-0.4, -0.2) is 43.7 Å². The maximum Gasteiger partial charge on any atom is 0.224 e. The first-order valence-electron chi connectivity index (χ1n) is 7.63. The smallest absolute Gasteiger partial charge is 0.224 e. The summed E-state index contributed by atoms with van der Waals surface area (Å²) in [5, 5.41) is 3.33. The Balaban J connectivity index is 2.00. The van der Waals surface area contributed by atoms with Gasteiger partial charge in [-0.15, -0.1) is 0 Å². The van der Waals surface area contributed by atoms with Crippen molar-refractivity contribution >= 4 is 5.91 Å². The molecule has 1 fully saturated rings. The standard InChI is InChI=1S/C17H26N2O2/c1-12-5-6-16(13(2)9-12)14(3)19(4)17(20)10-15-11-21-8-7-18-15/h5-6,9,14-15,18H,7-8,10-11H2,1-4H3. The molecule has 0 aliphatic carbocycles. The maximum absolute atomic E-state index is 12.4. The maximum atomic E-state index is 12.4. The fourth-order valence-corrected chi connectivity index (χ4v) is 2.82. The summed E-state index contributed by atoms with van der Waals surface area (Å²) in [6.45, 7) is 8.46. The minimum Gasteiger partial charge on any atom is -0.378 e. The number of ether oxygens (including phenoxy) is 1. The number of amides is 1. The van der Waals surface area contributed by atoms with Gasteiger partial charge in [-0.1, -0.05) is 23.8 Å². The first-order valence-corrected chi connectivity index (χ1v) is 7.63. The Kier molecular flexibility index (Phi) is 5.37. The quantitative estimate of drug-likeness (QED) is 0.924. The third-order valence-corrected chi connectivity index (χ3v) is 4.27. The van der Waals surface area contributed by atoms with Gasteiger partial charge in [0, 0.05) is 26.1 Å². The zero-order valence-corrected chi connectivity index (χ0v) is 13.5. The van der Waals surface area contributed by atoms with Crippen molar-refractivity contribution in [2.45, 2.75) is 39.3 Å². The molecule has 0 aromatic heterocycles. The van der Waals surface area contributed by atoms with Gasteiger partial charge in [-0.25, -0.2) is 0 Å². The molecule has 1 N–H and O–H groups in total. The van der Waals surface area contributed by atoms with Crippen molar-refractivity contribution in [1.29, 1.82) is 0 Å². The van der Waals surface area contributed by atoms with Crippen molar-refractivity contribution < 1.29 is 9.53 Å². The van der Waals surface area contributed by atoms with Gasteiger partial charge in [-0.2, -0.15) is 0 Å². The molecule has 0 bridgehead atoms. The van der Waals surface area contributed by atoms with Gasteiger partial charge in [0.1, 0.15) is 0 Å². The molecular weight excluding hydrogens is 264 g/mol. The van der Waals surface area contributed by atoms with Crippen LogP contribution in [0.3, 0.4) is 0 Å². The number of nitrogens with one attached hydrogen (secondary N) is 1. The van der Waals surface area contributed by atoms with Crippen molar-refractivity contribution in [2.24, 2.45) is 0 Å². The molecule has 1 heterocycles. The molecule has 2 unspecified atom stereocenters. The third kappa shape index (κ3) is 4.05.